The highest BCUT2D eigenvalue weighted by Gasteiger charge is 2.09. The predicted molar refractivity (Wildman–Crippen MR) is 137 cm³/mol. The van der Waals surface area contributed by atoms with E-state index in [0.29, 0.717) is 16.9 Å². The molecule has 0 saturated carbocycles. The van der Waals surface area contributed by atoms with E-state index in [9.17, 15) is 9.59 Å². The third-order valence-electron chi connectivity index (χ3n) is 5.00. The van der Waals surface area contributed by atoms with Crippen LogP contribution in [0, 0.1) is 0 Å². The van der Waals surface area contributed by atoms with Crippen LogP contribution >= 0.6 is 11.6 Å². The number of benzene rings is 3. The largest absolute Gasteiger partial charge is 0.497 e. The zero-order chi connectivity index (χ0) is 25.0. The van der Waals surface area contributed by atoms with Crippen molar-refractivity contribution in [2.45, 2.75) is 12.8 Å². The normalized spacial score (nSPS) is 10.0. The molecule has 0 aliphatic rings. The fourth-order valence-electron chi connectivity index (χ4n) is 3.19. The second-order valence-corrected chi connectivity index (χ2v) is 7.80. The minimum Gasteiger partial charge on any atom is -0.497 e. The first-order valence-electron chi connectivity index (χ1n) is 10.9. The number of aromatic nitrogens is 2. The maximum absolute atomic E-state index is 12.2. The highest BCUT2D eigenvalue weighted by atomic mass is 35.5. The predicted octanol–water partition coefficient (Wildman–Crippen LogP) is 5.53. The number of anilines is 1. The molecule has 0 aliphatic carbocycles. The van der Waals surface area contributed by atoms with Crippen LogP contribution in [0.4, 0.5) is 5.82 Å². The highest BCUT2D eigenvalue weighted by Crippen LogP contribution is 2.23. The number of nitrogens with one attached hydrogen (secondary N) is 2. The summed E-state index contributed by atoms with van der Waals surface area (Å²) in [5.74, 6) is 1.93. The van der Waals surface area contributed by atoms with Gasteiger partial charge in [0, 0.05) is 23.3 Å². The van der Waals surface area contributed by atoms with Crippen LogP contribution in [0.3, 0.4) is 0 Å². The molecule has 35 heavy (non-hydrogen) atoms. The van der Waals surface area contributed by atoms with Crippen molar-refractivity contribution in [1.29, 1.82) is 0 Å². The molecular weight excluding hydrogens is 466 g/mol. The number of methoxy groups -OCH3 is 2. The Kier molecular flexibility index (Phi) is 9.45. The summed E-state index contributed by atoms with van der Waals surface area (Å²) in [7, 11) is 3.27. The Morgan fingerprint density at radius 3 is 1.91 bits per heavy atom. The van der Waals surface area contributed by atoms with Crippen LogP contribution in [-0.2, 0) is 12.8 Å². The minimum atomic E-state index is -0.407. The van der Waals surface area contributed by atoms with E-state index < -0.39 is 5.24 Å². The zero-order valence-electron chi connectivity index (χ0n) is 19.5. The number of carbonyl (C=O) groups is 2. The maximum atomic E-state index is 12.2. The Morgan fingerprint density at radius 1 is 0.829 bits per heavy atom. The molecule has 0 unspecified atom stereocenters. The molecular formula is C27H26ClN3O4. The van der Waals surface area contributed by atoms with Crippen LogP contribution in [0.5, 0.6) is 11.5 Å². The van der Waals surface area contributed by atoms with Gasteiger partial charge >= 0.3 is 0 Å². The number of hydrogen-bond acceptors (Lipinski definition) is 5. The van der Waals surface area contributed by atoms with Gasteiger partial charge in [0.2, 0.25) is 0 Å². The van der Waals surface area contributed by atoms with Gasteiger partial charge in [-0.05, 0) is 54.3 Å². The topological polar surface area (TPSA) is 93.3 Å². The molecule has 0 aliphatic heterocycles. The van der Waals surface area contributed by atoms with Gasteiger partial charge in [0.05, 0.1) is 19.9 Å². The second-order valence-electron chi connectivity index (χ2n) is 7.45. The molecule has 0 fully saturated rings. The quantitative estimate of drug-likeness (QED) is 0.316. The Morgan fingerprint density at radius 2 is 1.40 bits per heavy atom. The van der Waals surface area contributed by atoms with Crippen LogP contribution in [0.25, 0.3) is 0 Å². The first-order valence-corrected chi connectivity index (χ1v) is 11.2. The van der Waals surface area contributed by atoms with E-state index in [2.05, 4.69) is 15.5 Å². The van der Waals surface area contributed by atoms with Crippen LogP contribution in [-0.4, -0.2) is 35.6 Å². The third kappa shape index (κ3) is 8.01. The van der Waals surface area contributed by atoms with Gasteiger partial charge < -0.3 is 14.8 Å². The van der Waals surface area contributed by atoms with Gasteiger partial charge in [-0.2, -0.15) is 5.10 Å². The van der Waals surface area contributed by atoms with Gasteiger partial charge in [-0.15, -0.1) is 0 Å². The van der Waals surface area contributed by atoms with E-state index in [1.165, 1.54) is 0 Å². The SMILES string of the molecule is COc1cc(CCc2cc(NC(=O)c3ccccc3)[nH]n2)cc(OC)c1.O=C(Cl)c1ccccc1. The molecule has 4 aromatic rings. The number of carbonyl (C=O) groups excluding carboxylic acids is 2. The average molecular weight is 492 g/mol. The van der Waals surface area contributed by atoms with E-state index in [1.54, 1.807) is 50.6 Å². The molecule has 0 radical (unpaired) electrons. The van der Waals surface area contributed by atoms with E-state index in [-0.39, 0.29) is 5.91 Å². The van der Waals surface area contributed by atoms with Crippen molar-refractivity contribution in [3.63, 3.8) is 0 Å². The zero-order valence-corrected chi connectivity index (χ0v) is 20.2. The summed E-state index contributed by atoms with van der Waals surface area (Å²) in [6.07, 6.45) is 1.51. The molecule has 1 heterocycles. The van der Waals surface area contributed by atoms with Crippen LogP contribution in [0.1, 0.15) is 32.0 Å². The van der Waals surface area contributed by atoms with Crippen molar-refractivity contribution in [3.05, 3.63) is 107 Å². The van der Waals surface area contributed by atoms with Crippen molar-refractivity contribution in [2.75, 3.05) is 19.5 Å². The summed E-state index contributed by atoms with van der Waals surface area (Å²) in [5, 5.41) is 9.53. The summed E-state index contributed by atoms with van der Waals surface area (Å²) < 4.78 is 10.6. The molecule has 1 aromatic heterocycles. The fourth-order valence-corrected chi connectivity index (χ4v) is 3.32. The van der Waals surface area contributed by atoms with Gasteiger partial charge in [0.15, 0.2) is 0 Å². The number of rotatable bonds is 8. The average Bonchev–Trinajstić information content (AvgIpc) is 3.35. The van der Waals surface area contributed by atoms with Crippen LogP contribution < -0.4 is 14.8 Å². The highest BCUT2D eigenvalue weighted by molar-refractivity contribution is 6.67. The van der Waals surface area contributed by atoms with Crippen molar-refractivity contribution >= 4 is 28.6 Å². The molecule has 0 saturated heterocycles. The molecule has 0 atom stereocenters. The Bertz CT molecular complexity index is 1220. The Balaban J connectivity index is 0.000000320. The van der Waals surface area contributed by atoms with Gasteiger partial charge in [-0.25, -0.2) is 0 Å². The van der Waals surface area contributed by atoms with Crippen molar-refractivity contribution < 1.29 is 19.1 Å². The lowest BCUT2D eigenvalue weighted by Gasteiger charge is -2.07. The molecule has 1 amide bonds. The summed E-state index contributed by atoms with van der Waals surface area (Å²) in [6, 6.07) is 25.4. The summed E-state index contributed by atoms with van der Waals surface area (Å²) in [4.78, 5) is 22.6. The number of amides is 1. The van der Waals surface area contributed by atoms with E-state index >= 15 is 0 Å². The van der Waals surface area contributed by atoms with Crippen molar-refractivity contribution in [1.82, 2.24) is 10.2 Å². The van der Waals surface area contributed by atoms with E-state index in [4.69, 9.17) is 21.1 Å². The van der Waals surface area contributed by atoms with Crippen molar-refractivity contribution in [2.24, 2.45) is 0 Å². The van der Waals surface area contributed by atoms with Gasteiger partial charge in [-0.1, -0.05) is 48.5 Å². The minimum absolute atomic E-state index is 0.168. The standard InChI is InChI=1S/C20H21N3O3.C7H5ClO/c1-25-17-10-14(11-18(13-17)26-2)8-9-16-12-19(23-22-16)21-20(24)15-6-4-3-5-7-15;8-7(9)6-4-2-1-3-5-6/h3-7,10-13H,8-9H2,1-2H3,(H2,21,22,23,24);1-5H. The monoisotopic (exact) mass is 491 g/mol. The molecule has 180 valence electrons. The number of ether oxygens (including phenoxy) is 2. The fraction of sp³-hybridized carbons (Fsp3) is 0.148. The molecule has 0 spiro atoms. The van der Waals surface area contributed by atoms with E-state index in [1.807, 2.05) is 48.5 Å². The van der Waals surface area contributed by atoms with Crippen molar-refractivity contribution in [3.8, 4) is 11.5 Å². The van der Waals surface area contributed by atoms with Gasteiger partial charge in [-0.3, -0.25) is 14.7 Å². The lowest BCUT2D eigenvalue weighted by atomic mass is 10.1. The second kappa shape index (κ2) is 13.0. The molecule has 2 N–H and O–H groups in total. The Hall–Kier alpha value is -4.10. The number of H-pyrrole nitrogens is 1. The first kappa shape index (κ1) is 25.5. The summed E-state index contributed by atoms with van der Waals surface area (Å²) >= 11 is 5.16. The third-order valence-corrected chi connectivity index (χ3v) is 5.22. The summed E-state index contributed by atoms with van der Waals surface area (Å²) in [5.41, 5.74) is 3.11. The number of aryl methyl sites for hydroxylation is 2. The number of halogens is 1. The van der Waals surface area contributed by atoms with Gasteiger partial charge in [0.1, 0.15) is 17.3 Å². The molecule has 8 heteroatoms. The summed E-state index contributed by atoms with van der Waals surface area (Å²) in [6.45, 7) is 0. The number of hydrogen-bond donors (Lipinski definition) is 2. The van der Waals surface area contributed by atoms with E-state index in [0.717, 1.165) is 35.6 Å². The van der Waals surface area contributed by atoms with Crippen LogP contribution in [0.15, 0.2) is 84.9 Å². The number of nitrogens with zero attached hydrogens (tertiary/aromatic N) is 1. The molecule has 4 rings (SSSR count). The van der Waals surface area contributed by atoms with Gasteiger partial charge in [0.25, 0.3) is 11.1 Å². The molecule has 7 nitrogen and oxygen atoms in total. The smallest absolute Gasteiger partial charge is 0.256 e. The number of aromatic amines is 1. The van der Waals surface area contributed by atoms with Crippen LogP contribution in [0.2, 0.25) is 0 Å². The lowest BCUT2D eigenvalue weighted by molar-refractivity contribution is 0.102. The Labute approximate surface area is 209 Å². The molecule has 3 aromatic carbocycles. The molecule has 0 bridgehead atoms. The maximum Gasteiger partial charge on any atom is 0.256 e. The first-order chi connectivity index (χ1) is 17.0. The lowest BCUT2D eigenvalue weighted by Crippen LogP contribution is -2.11.